The molecule has 1 N–H and O–H groups in total. The number of carbonyl (C=O) groups is 1. The van der Waals surface area contributed by atoms with E-state index in [1.54, 1.807) is 11.4 Å². The molecule has 0 amide bonds. The van der Waals surface area contributed by atoms with Gasteiger partial charge in [-0.05, 0) is 41.5 Å². The molecule has 6 nitrogen and oxygen atoms in total. The minimum Gasteiger partial charge on any atom is -0.492 e. The molecule has 0 atom stereocenters. The summed E-state index contributed by atoms with van der Waals surface area (Å²) in [7, 11) is -3.41. The number of nitrogens with zero attached hydrogens (tertiary/aromatic N) is 1. The Morgan fingerprint density at radius 2 is 1.74 bits per heavy atom. The fourth-order valence-electron chi connectivity index (χ4n) is 3.32. The molecule has 0 fully saturated rings. The van der Waals surface area contributed by atoms with E-state index in [1.165, 1.54) is 21.9 Å². The quantitative estimate of drug-likeness (QED) is 0.460. The van der Waals surface area contributed by atoms with Crippen molar-refractivity contribution in [1.29, 1.82) is 0 Å². The standard InChI is InChI=1S/C23H25NO5S2/c1-31(27,28)24(14-7-10-19-13-17-30-22(19)23(25)26)15-16-29-21-12-6-5-11-20(21)18-8-3-2-4-9-18/h2-6,8-9,11-13,17H,7,10,14-16H2,1H3,(H,25,26). The monoisotopic (exact) mass is 459 g/mol. The van der Waals surface area contributed by atoms with Crippen molar-refractivity contribution in [3.8, 4) is 16.9 Å². The first-order chi connectivity index (χ1) is 14.9. The molecule has 0 radical (unpaired) electrons. The topological polar surface area (TPSA) is 83.9 Å². The zero-order valence-electron chi connectivity index (χ0n) is 17.2. The predicted octanol–water partition coefficient (Wildman–Crippen LogP) is 4.39. The first kappa shape index (κ1) is 23.0. The van der Waals surface area contributed by atoms with Crippen molar-refractivity contribution < 1.29 is 23.1 Å². The SMILES string of the molecule is CS(=O)(=O)N(CCCc1ccsc1C(=O)O)CCOc1ccccc1-c1ccccc1. The zero-order chi connectivity index (χ0) is 22.3. The largest absolute Gasteiger partial charge is 0.492 e. The summed E-state index contributed by atoms with van der Waals surface area (Å²) in [6.45, 7) is 0.741. The molecule has 0 saturated heterocycles. The third-order valence-corrected chi connectivity index (χ3v) is 7.08. The first-order valence-corrected chi connectivity index (χ1v) is 12.6. The molecule has 31 heavy (non-hydrogen) atoms. The number of carboxylic acid groups (broad SMARTS) is 1. The minimum atomic E-state index is -3.41. The van der Waals surface area contributed by atoms with Gasteiger partial charge in [-0.15, -0.1) is 11.3 Å². The van der Waals surface area contributed by atoms with Crippen LogP contribution >= 0.6 is 11.3 Å². The number of thiophene rings is 1. The smallest absolute Gasteiger partial charge is 0.346 e. The molecule has 0 unspecified atom stereocenters. The summed E-state index contributed by atoms with van der Waals surface area (Å²) in [5.74, 6) is -0.248. The molecule has 0 aliphatic heterocycles. The van der Waals surface area contributed by atoms with E-state index >= 15 is 0 Å². The van der Waals surface area contributed by atoms with Crippen LogP contribution in [0, 0.1) is 0 Å². The molecule has 0 saturated carbocycles. The Morgan fingerprint density at radius 1 is 1.03 bits per heavy atom. The summed E-state index contributed by atoms with van der Waals surface area (Å²) in [6.07, 6.45) is 2.22. The number of carboxylic acids is 1. The van der Waals surface area contributed by atoms with Gasteiger partial charge >= 0.3 is 5.97 Å². The summed E-state index contributed by atoms with van der Waals surface area (Å²) in [4.78, 5) is 11.5. The van der Waals surface area contributed by atoms with E-state index in [0.717, 1.165) is 16.7 Å². The van der Waals surface area contributed by atoms with Crippen molar-refractivity contribution in [3.63, 3.8) is 0 Å². The fourth-order valence-corrected chi connectivity index (χ4v) is 4.97. The molecular formula is C23H25NO5S2. The van der Waals surface area contributed by atoms with Crippen LogP contribution in [0.5, 0.6) is 5.75 Å². The number of ether oxygens (including phenoxy) is 1. The van der Waals surface area contributed by atoms with Gasteiger partial charge in [0.05, 0.1) is 6.26 Å². The lowest BCUT2D eigenvalue weighted by atomic mass is 10.1. The van der Waals surface area contributed by atoms with E-state index in [1.807, 2.05) is 54.6 Å². The van der Waals surface area contributed by atoms with E-state index in [2.05, 4.69) is 0 Å². The van der Waals surface area contributed by atoms with Crippen LogP contribution in [-0.2, 0) is 16.4 Å². The van der Waals surface area contributed by atoms with Crippen molar-refractivity contribution in [3.05, 3.63) is 76.5 Å². The highest BCUT2D eigenvalue weighted by Gasteiger charge is 2.18. The number of hydrogen-bond donors (Lipinski definition) is 1. The molecule has 1 aromatic heterocycles. The number of rotatable bonds is 11. The lowest BCUT2D eigenvalue weighted by Gasteiger charge is -2.20. The molecule has 3 rings (SSSR count). The average molecular weight is 460 g/mol. The predicted molar refractivity (Wildman–Crippen MR) is 123 cm³/mol. The Kier molecular flexibility index (Phi) is 7.84. The van der Waals surface area contributed by atoms with Crippen LogP contribution in [0.15, 0.2) is 66.0 Å². The van der Waals surface area contributed by atoms with Gasteiger partial charge in [-0.25, -0.2) is 13.2 Å². The van der Waals surface area contributed by atoms with Gasteiger partial charge in [0.1, 0.15) is 17.2 Å². The second-order valence-corrected chi connectivity index (χ2v) is 9.95. The molecule has 0 spiro atoms. The van der Waals surface area contributed by atoms with E-state index in [-0.39, 0.29) is 13.2 Å². The second kappa shape index (κ2) is 10.6. The lowest BCUT2D eigenvalue weighted by Crippen LogP contribution is -2.34. The van der Waals surface area contributed by atoms with Gasteiger partial charge in [0.25, 0.3) is 0 Å². The molecule has 1 heterocycles. The molecule has 0 aliphatic carbocycles. The highest BCUT2D eigenvalue weighted by Crippen LogP contribution is 2.29. The van der Waals surface area contributed by atoms with Crippen LogP contribution in [0.2, 0.25) is 0 Å². The average Bonchev–Trinajstić information content (AvgIpc) is 3.22. The molecule has 0 bridgehead atoms. The van der Waals surface area contributed by atoms with Crippen LogP contribution in [0.1, 0.15) is 21.7 Å². The zero-order valence-corrected chi connectivity index (χ0v) is 18.9. The van der Waals surface area contributed by atoms with Gasteiger partial charge in [-0.2, -0.15) is 4.31 Å². The highest BCUT2D eigenvalue weighted by molar-refractivity contribution is 7.88. The van der Waals surface area contributed by atoms with Gasteiger partial charge in [-0.3, -0.25) is 0 Å². The van der Waals surface area contributed by atoms with E-state index < -0.39 is 16.0 Å². The molecule has 3 aromatic rings. The van der Waals surface area contributed by atoms with Crippen LogP contribution in [0.4, 0.5) is 0 Å². The summed E-state index contributed by atoms with van der Waals surface area (Å²) < 4.78 is 31.7. The molecule has 8 heteroatoms. The van der Waals surface area contributed by atoms with Crippen molar-refractivity contribution >= 4 is 27.3 Å². The molecule has 164 valence electrons. The molecule has 0 aliphatic rings. The maximum Gasteiger partial charge on any atom is 0.346 e. The third-order valence-electron chi connectivity index (χ3n) is 4.83. The summed E-state index contributed by atoms with van der Waals surface area (Å²) in [6, 6.07) is 19.3. The van der Waals surface area contributed by atoms with Gasteiger partial charge in [0.15, 0.2) is 0 Å². The molecular weight excluding hydrogens is 434 g/mol. The summed E-state index contributed by atoms with van der Waals surface area (Å²) >= 11 is 1.18. The first-order valence-electron chi connectivity index (χ1n) is 9.88. The van der Waals surface area contributed by atoms with Crippen molar-refractivity contribution in [2.24, 2.45) is 0 Å². The van der Waals surface area contributed by atoms with E-state index in [0.29, 0.717) is 30.0 Å². The fraction of sp³-hybridized carbons (Fsp3) is 0.261. The number of para-hydroxylation sites is 1. The summed E-state index contributed by atoms with van der Waals surface area (Å²) in [5, 5.41) is 11.0. The van der Waals surface area contributed by atoms with Gasteiger partial charge < -0.3 is 9.84 Å². The number of benzene rings is 2. The van der Waals surface area contributed by atoms with Crippen molar-refractivity contribution in [1.82, 2.24) is 4.31 Å². The van der Waals surface area contributed by atoms with Crippen LogP contribution < -0.4 is 4.74 Å². The number of aryl methyl sites for hydroxylation is 1. The minimum absolute atomic E-state index is 0.218. The lowest BCUT2D eigenvalue weighted by molar-refractivity contribution is 0.0701. The van der Waals surface area contributed by atoms with Crippen LogP contribution in [0.3, 0.4) is 0 Å². The van der Waals surface area contributed by atoms with Crippen molar-refractivity contribution in [2.75, 3.05) is 26.0 Å². The maximum absolute atomic E-state index is 12.2. The Morgan fingerprint density at radius 3 is 2.45 bits per heavy atom. The second-order valence-electron chi connectivity index (χ2n) is 7.06. The Balaban J connectivity index is 1.59. The number of aromatic carboxylic acids is 1. The Hall–Kier alpha value is -2.68. The van der Waals surface area contributed by atoms with E-state index in [9.17, 15) is 18.3 Å². The normalized spacial score (nSPS) is 11.5. The van der Waals surface area contributed by atoms with Gasteiger partial charge in [0, 0.05) is 18.7 Å². The van der Waals surface area contributed by atoms with E-state index in [4.69, 9.17) is 4.74 Å². The van der Waals surface area contributed by atoms with Gasteiger partial charge in [-0.1, -0.05) is 48.5 Å². The summed E-state index contributed by atoms with van der Waals surface area (Å²) in [5.41, 5.74) is 2.72. The van der Waals surface area contributed by atoms with Crippen LogP contribution in [0.25, 0.3) is 11.1 Å². The Bertz CT molecular complexity index is 1110. The number of sulfonamides is 1. The highest BCUT2D eigenvalue weighted by atomic mass is 32.2. The molecule has 2 aromatic carbocycles. The number of hydrogen-bond acceptors (Lipinski definition) is 5. The third kappa shape index (κ3) is 6.40. The van der Waals surface area contributed by atoms with Crippen molar-refractivity contribution in [2.45, 2.75) is 12.8 Å². The maximum atomic E-state index is 12.2. The van der Waals surface area contributed by atoms with Gasteiger partial charge in [0.2, 0.25) is 10.0 Å². The Labute approximate surface area is 186 Å². The van der Waals surface area contributed by atoms with Crippen LogP contribution in [-0.4, -0.2) is 49.8 Å².